The molecule has 1 aromatic heterocycles. The summed E-state index contributed by atoms with van der Waals surface area (Å²) < 4.78 is 6.51. The van der Waals surface area contributed by atoms with Gasteiger partial charge in [0.1, 0.15) is 0 Å². The van der Waals surface area contributed by atoms with Gasteiger partial charge in [0, 0.05) is 8.95 Å². The molecule has 1 amide bonds. The molecule has 1 heterocycles. The van der Waals surface area contributed by atoms with E-state index in [4.69, 9.17) is 16.0 Å². The third-order valence-electron chi connectivity index (χ3n) is 1.99. The van der Waals surface area contributed by atoms with Crippen LogP contribution in [0.15, 0.2) is 43.9 Å². The summed E-state index contributed by atoms with van der Waals surface area (Å²) >= 11 is 12.7. The summed E-state index contributed by atoms with van der Waals surface area (Å²) in [6.45, 7) is 0. The van der Waals surface area contributed by atoms with Crippen LogP contribution in [-0.4, -0.2) is 5.91 Å². The van der Waals surface area contributed by atoms with Gasteiger partial charge >= 0.3 is 0 Å². The summed E-state index contributed by atoms with van der Waals surface area (Å²) in [5.41, 5.74) is 0.510. The van der Waals surface area contributed by atoms with Crippen molar-refractivity contribution in [1.82, 2.24) is 0 Å². The number of rotatable bonds is 2. The Kier molecular flexibility index (Phi) is 3.91. The molecule has 88 valence electrons. The van der Waals surface area contributed by atoms with Gasteiger partial charge in [-0.25, -0.2) is 0 Å². The van der Waals surface area contributed by atoms with Crippen LogP contribution in [0.4, 0.5) is 5.69 Å². The van der Waals surface area contributed by atoms with Crippen LogP contribution in [0.5, 0.6) is 0 Å². The standard InChI is InChI=1S/C11H6Br2ClNO2/c12-6-4-7(13)10(8(14)5-6)15-11(16)9-2-1-3-17-9/h1-5H,(H,15,16). The van der Waals surface area contributed by atoms with Gasteiger partial charge < -0.3 is 9.73 Å². The molecule has 0 aliphatic heterocycles. The summed E-state index contributed by atoms with van der Waals surface area (Å²) in [4.78, 5) is 11.8. The van der Waals surface area contributed by atoms with E-state index in [1.54, 1.807) is 24.3 Å². The maximum Gasteiger partial charge on any atom is 0.291 e. The van der Waals surface area contributed by atoms with Crippen molar-refractivity contribution in [3.05, 3.63) is 50.3 Å². The third-order valence-corrected chi connectivity index (χ3v) is 3.37. The number of hydrogen-bond donors (Lipinski definition) is 1. The highest BCUT2D eigenvalue weighted by atomic mass is 79.9. The molecule has 0 bridgehead atoms. The van der Waals surface area contributed by atoms with Crippen LogP contribution >= 0.6 is 43.5 Å². The first-order valence-corrected chi connectivity index (χ1v) is 6.53. The van der Waals surface area contributed by atoms with Crippen molar-refractivity contribution >= 4 is 55.1 Å². The fraction of sp³-hybridized carbons (Fsp3) is 0. The van der Waals surface area contributed by atoms with Crippen molar-refractivity contribution in [1.29, 1.82) is 0 Å². The van der Waals surface area contributed by atoms with Gasteiger partial charge in [-0.05, 0) is 40.2 Å². The van der Waals surface area contributed by atoms with Crippen LogP contribution in [0, 0.1) is 0 Å². The van der Waals surface area contributed by atoms with E-state index in [2.05, 4.69) is 37.2 Å². The smallest absolute Gasteiger partial charge is 0.291 e. The topological polar surface area (TPSA) is 42.2 Å². The molecule has 0 saturated heterocycles. The molecule has 1 N–H and O–H groups in total. The number of nitrogens with one attached hydrogen (secondary N) is 1. The Labute approximate surface area is 119 Å². The molecule has 0 atom stereocenters. The van der Waals surface area contributed by atoms with Gasteiger partial charge in [0.2, 0.25) is 0 Å². The molecule has 2 rings (SSSR count). The largest absolute Gasteiger partial charge is 0.459 e. The molecule has 0 unspecified atom stereocenters. The minimum atomic E-state index is -0.347. The van der Waals surface area contributed by atoms with Gasteiger partial charge in [-0.15, -0.1) is 0 Å². The average molecular weight is 379 g/mol. The van der Waals surface area contributed by atoms with Crippen molar-refractivity contribution in [2.75, 3.05) is 5.32 Å². The van der Waals surface area contributed by atoms with Crippen molar-refractivity contribution < 1.29 is 9.21 Å². The van der Waals surface area contributed by atoms with E-state index >= 15 is 0 Å². The number of amides is 1. The highest BCUT2D eigenvalue weighted by Gasteiger charge is 2.13. The van der Waals surface area contributed by atoms with Gasteiger partial charge in [0.25, 0.3) is 5.91 Å². The molecule has 0 aliphatic carbocycles. The summed E-state index contributed by atoms with van der Waals surface area (Å²) in [7, 11) is 0. The second-order valence-electron chi connectivity index (χ2n) is 3.18. The first-order chi connectivity index (χ1) is 8.08. The van der Waals surface area contributed by atoms with E-state index < -0.39 is 0 Å². The van der Waals surface area contributed by atoms with Gasteiger partial charge in [0.05, 0.1) is 17.0 Å². The van der Waals surface area contributed by atoms with Crippen LogP contribution in [0.1, 0.15) is 10.6 Å². The Morgan fingerprint density at radius 1 is 1.35 bits per heavy atom. The number of carbonyl (C=O) groups excluding carboxylic acids is 1. The number of carbonyl (C=O) groups is 1. The Bertz CT molecular complexity index is 532. The Morgan fingerprint density at radius 3 is 2.71 bits per heavy atom. The van der Waals surface area contributed by atoms with Gasteiger partial charge in [-0.2, -0.15) is 0 Å². The van der Waals surface area contributed by atoms with Crippen LogP contribution in [0.2, 0.25) is 5.02 Å². The number of anilines is 1. The van der Waals surface area contributed by atoms with Crippen LogP contribution in [0.25, 0.3) is 0 Å². The number of halogens is 3. The molecular formula is C11H6Br2ClNO2. The molecular weight excluding hydrogens is 373 g/mol. The third kappa shape index (κ3) is 2.91. The van der Waals surface area contributed by atoms with Crippen LogP contribution in [0.3, 0.4) is 0 Å². The lowest BCUT2D eigenvalue weighted by Crippen LogP contribution is -2.11. The zero-order valence-corrected chi connectivity index (χ0v) is 12.3. The summed E-state index contributed by atoms with van der Waals surface area (Å²) in [6, 6.07) is 6.72. The minimum Gasteiger partial charge on any atom is -0.459 e. The molecule has 2 aromatic rings. The molecule has 17 heavy (non-hydrogen) atoms. The SMILES string of the molecule is O=C(Nc1c(Cl)cc(Br)cc1Br)c1ccco1. The number of furan rings is 1. The Hall–Kier alpha value is -0.780. The van der Waals surface area contributed by atoms with Crippen LogP contribution < -0.4 is 5.32 Å². The lowest BCUT2D eigenvalue weighted by atomic mass is 10.3. The first-order valence-electron chi connectivity index (χ1n) is 4.57. The minimum absolute atomic E-state index is 0.232. The molecule has 0 aliphatic rings. The average Bonchev–Trinajstić information content (AvgIpc) is 2.76. The Balaban J connectivity index is 2.28. The van der Waals surface area contributed by atoms with Crippen LogP contribution in [-0.2, 0) is 0 Å². The lowest BCUT2D eigenvalue weighted by molar-refractivity contribution is 0.0996. The fourth-order valence-corrected chi connectivity index (χ4v) is 3.08. The van der Waals surface area contributed by atoms with Gasteiger partial charge in [0.15, 0.2) is 5.76 Å². The molecule has 3 nitrogen and oxygen atoms in total. The van der Waals surface area contributed by atoms with Crippen molar-refractivity contribution in [2.24, 2.45) is 0 Å². The molecule has 0 radical (unpaired) electrons. The summed E-state index contributed by atoms with van der Waals surface area (Å²) in [6.07, 6.45) is 1.44. The van der Waals surface area contributed by atoms with Crippen molar-refractivity contribution in [2.45, 2.75) is 0 Å². The maximum absolute atomic E-state index is 11.8. The predicted octanol–water partition coefficient (Wildman–Crippen LogP) is 4.71. The lowest BCUT2D eigenvalue weighted by Gasteiger charge is -2.08. The second kappa shape index (κ2) is 5.25. The normalized spacial score (nSPS) is 10.3. The molecule has 0 fully saturated rings. The molecule has 0 spiro atoms. The van der Waals surface area contributed by atoms with Crippen molar-refractivity contribution in [3.8, 4) is 0 Å². The highest BCUT2D eigenvalue weighted by Crippen LogP contribution is 2.34. The van der Waals surface area contributed by atoms with E-state index in [-0.39, 0.29) is 11.7 Å². The second-order valence-corrected chi connectivity index (χ2v) is 5.35. The Morgan fingerprint density at radius 2 is 2.12 bits per heavy atom. The summed E-state index contributed by atoms with van der Waals surface area (Å²) in [5.74, 6) is -0.115. The number of benzene rings is 1. The van der Waals surface area contributed by atoms with E-state index in [0.717, 1.165) is 4.47 Å². The zero-order valence-electron chi connectivity index (χ0n) is 8.34. The van der Waals surface area contributed by atoms with Gasteiger partial charge in [-0.1, -0.05) is 27.5 Å². The van der Waals surface area contributed by atoms with E-state index in [9.17, 15) is 4.79 Å². The quantitative estimate of drug-likeness (QED) is 0.821. The zero-order chi connectivity index (χ0) is 12.4. The van der Waals surface area contributed by atoms with Crippen molar-refractivity contribution in [3.63, 3.8) is 0 Å². The molecule has 1 aromatic carbocycles. The monoisotopic (exact) mass is 377 g/mol. The van der Waals surface area contributed by atoms with E-state index in [0.29, 0.717) is 15.2 Å². The number of hydrogen-bond acceptors (Lipinski definition) is 2. The maximum atomic E-state index is 11.8. The van der Waals surface area contributed by atoms with Gasteiger partial charge in [-0.3, -0.25) is 4.79 Å². The van der Waals surface area contributed by atoms with E-state index in [1.165, 1.54) is 6.26 Å². The van der Waals surface area contributed by atoms with E-state index in [1.807, 2.05) is 0 Å². The fourth-order valence-electron chi connectivity index (χ4n) is 1.24. The first kappa shape index (κ1) is 12.7. The highest BCUT2D eigenvalue weighted by molar-refractivity contribution is 9.11. The summed E-state index contributed by atoms with van der Waals surface area (Å²) in [5, 5.41) is 3.11. The predicted molar refractivity (Wildman–Crippen MR) is 73.5 cm³/mol. The molecule has 6 heteroatoms. The molecule has 0 saturated carbocycles.